The summed E-state index contributed by atoms with van der Waals surface area (Å²) < 4.78 is 6.61. The molecule has 46 heavy (non-hydrogen) atoms. The van der Waals surface area contributed by atoms with Crippen molar-refractivity contribution in [1.29, 1.82) is 0 Å². The molecule has 0 saturated heterocycles. The van der Waals surface area contributed by atoms with Gasteiger partial charge in [-0.15, -0.1) is 0 Å². The molecule has 9 rings (SSSR count). The van der Waals surface area contributed by atoms with E-state index in [-0.39, 0.29) is 5.41 Å². The van der Waals surface area contributed by atoms with E-state index in [2.05, 4.69) is 105 Å². The molecule has 0 atom stereocenters. The van der Waals surface area contributed by atoms with Gasteiger partial charge >= 0.3 is 0 Å². The van der Waals surface area contributed by atoms with Crippen LogP contribution in [0.1, 0.15) is 25.1 Å². The lowest BCUT2D eigenvalue weighted by Gasteiger charge is -2.21. The van der Waals surface area contributed by atoms with Crippen LogP contribution in [-0.2, 0) is 5.41 Å². The van der Waals surface area contributed by atoms with Crippen molar-refractivity contribution < 1.29 is 4.42 Å². The molecule has 0 unspecified atom stereocenters. The summed E-state index contributed by atoms with van der Waals surface area (Å²) in [6.45, 7) is 4.55. The molecule has 0 aliphatic heterocycles. The van der Waals surface area contributed by atoms with Crippen molar-refractivity contribution in [3.63, 3.8) is 0 Å². The first-order valence-electron chi connectivity index (χ1n) is 15.6. The van der Waals surface area contributed by atoms with Gasteiger partial charge in [-0.3, -0.25) is 0 Å². The molecule has 8 aromatic rings. The van der Waals surface area contributed by atoms with Crippen molar-refractivity contribution in [1.82, 2.24) is 15.0 Å². The summed E-state index contributed by atoms with van der Waals surface area (Å²) in [7, 11) is 0. The molecule has 5 aromatic carbocycles. The Bertz CT molecular complexity index is 2370. The summed E-state index contributed by atoms with van der Waals surface area (Å²) >= 11 is 0. The molecular formula is C42H29N3O. The normalized spacial score (nSPS) is 13.2. The molecule has 0 spiro atoms. The van der Waals surface area contributed by atoms with Gasteiger partial charge in [0.05, 0.1) is 17.1 Å². The van der Waals surface area contributed by atoms with Gasteiger partial charge in [-0.05, 0) is 23.3 Å². The summed E-state index contributed by atoms with van der Waals surface area (Å²) in [5, 5.41) is 2.25. The van der Waals surface area contributed by atoms with E-state index in [0.29, 0.717) is 5.82 Å². The molecule has 1 aliphatic carbocycles. The fourth-order valence-corrected chi connectivity index (χ4v) is 6.95. The molecule has 4 heteroatoms. The van der Waals surface area contributed by atoms with Crippen molar-refractivity contribution in [2.75, 3.05) is 0 Å². The quantitative estimate of drug-likeness (QED) is 0.204. The number of furan rings is 1. The van der Waals surface area contributed by atoms with E-state index in [9.17, 15) is 0 Å². The maximum atomic E-state index is 6.61. The Morgan fingerprint density at radius 3 is 1.87 bits per heavy atom. The van der Waals surface area contributed by atoms with Crippen molar-refractivity contribution in [2.45, 2.75) is 19.3 Å². The minimum Gasteiger partial charge on any atom is -0.454 e. The third kappa shape index (κ3) is 4.04. The lowest BCUT2D eigenvalue weighted by Crippen LogP contribution is -2.17. The van der Waals surface area contributed by atoms with Crippen molar-refractivity contribution in [2.24, 2.45) is 0 Å². The smallest absolute Gasteiger partial charge is 0.162 e. The highest BCUT2D eigenvalue weighted by molar-refractivity contribution is 6.17. The van der Waals surface area contributed by atoms with Gasteiger partial charge < -0.3 is 4.42 Å². The SMILES string of the molecule is CC1(C)c2ccccc2-c2c1nc(-c1ccc(-c3cc(-c4ccccc4)nc(-c4ccccc4)n3)cc1)c1oc3ccccc3c21. The minimum atomic E-state index is -0.240. The Kier molecular flexibility index (Phi) is 5.81. The van der Waals surface area contributed by atoms with Crippen molar-refractivity contribution >= 4 is 21.9 Å². The largest absolute Gasteiger partial charge is 0.454 e. The highest BCUT2D eigenvalue weighted by Gasteiger charge is 2.39. The fourth-order valence-electron chi connectivity index (χ4n) is 6.95. The third-order valence-corrected chi connectivity index (χ3v) is 9.26. The molecule has 0 fully saturated rings. The number of fused-ring (bicyclic) bond motifs is 7. The number of rotatable bonds is 4. The maximum absolute atomic E-state index is 6.61. The molecule has 3 heterocycles. The Morgan fingerprint density at radius 1 is 0.543 bits per heavy atom. The molecule has 0 bridgehead atoms. The second-order valence-electron chi connectivity index (χ2n) is 12.4. The summed E-state index contributed by atoms with van der Waals surface area (Å²) in [5.74, 6) is 0.701. The van der Waals surface area contributed by atoms with Crippen LogP contribution in [0.5, 0.6) is 0 Å². The molecule has 0 saturated carbocycles. The predicted molar refractivity (Wildman–Crippen MR) is 186 cm³/mol. The van der Waals surface area contributed by atoms with Crippen LogP contribution in [0, 0.1) is 0 Å². The second-order valence-corrected chi connectivity index (χ2v) is 12.4. The summed E-state index contributed by atoms with van der Waals surface area (Å²) in [6, 6.07) is 48.0. The number of aromatic nitrogens is 3. The van der Waals surface area contributed by atoms with Crippen LogP contribution in [0.4, 0.5) is 0 Å². The van der Waals surface area contributed by atoms with Gasteiger partial charge in [0.15, 0.2) is 11.4 Å². The molecule has 3 aromatic heterocycles. The zero-order chi connectivity index (χ0) is 30.8. The fraction of sp³-hybridized carbons (Fsp3) is 0.0714. The van der Waals surface area contributed by atoms with Gasteiger partial charge in [0.1, 0.15) is 11.3 Å². The zero-order valence-corrected chi connectivity index (χ0v) is 25.5. The standard InChI is InChI=1S/C42H29N3O/c1-42(2)32-19-11-9-17-30(32)37-36-31-18-10-12-20-35(31)46-39(36)38(45-40(37)42)28-23-21-27(22-24-28)34-25-33(26-13-5-3-6-14-26)43-41(44-34)29-15-7-4-8-16-29/h3-25H,1-2H3. The van der Waals surface area contributed by atoms with Gasteiger partial charge in [-0.25, -0.2) is 15.0 Å². The van der Waals surface area contributed by atoms with E-state index in [1.807, 2.05) is 48.5 Å². The molecule has 0 N–H and O–H groups in total. The molecular weight excluding hydrogens is 562 g/mol. The lowest BCUT2D eigenvalue weighted by molar-refractivity contribution is 0.634. The van der Waals surface area contributed by atoms with Crippen LogP contribution in [0.3, 0.4) is 0 Å². The van der Waals surface area contributed by atoms with E-state index in [1.54, 1.807) is 0 Å². The number of para-hydroxylation sites is 1. The summed E-state index contributed by atoms with van der Waals surface area (Å²) in [5.41, 5.74) is 12.9. The van der Waals surface area contributed by atoms with Gasteiger partial charge in [0.25, 0.3) is 0 Å². The van der Waals surface area contributed by atoms with Gasteiger partial charge in [0, 0.05) is 44.0 Å². The van der Waals surface area contributed by atoms with E-state index < -0.39 is 0 Å². The number of pyridine rings is 1. The van der Waals surface area contributed by atoms with Crippen LogP contribution in [-0.4, -0.2) is 15.0 Å². The first kappa shape index (κ1) is 26.5. The average molecular weight is 592 g/mol. The highest BCUT2D eigenvalue weighted by atomic mass is 16.3. The van der Waals surface area contributed by atoms with Crippen molar-refractivity contribution in [3.05, 3.63) is 151 Å². The Balaban J connectivity index is 1.22. The molecule has 4 nitrogen and oxygen atoms in total. The predicted octanol–water partition coefficient (Wildman–Crippen LogP) is 10.7. The number of benzene rings is 5. The van der Waals surface area contributed by atoms with Crippen LogP contribution in [0.15, 0.2) is 144 Å². The third-order valence-electron chi connectivity index (χ3n) is 9.26. The van der Waals surface area contributed by atoms with E-state index >= 15 is 0 Å². The molecule has 1 aliphatic rings. The van der Waals surface area contributed by atoms with Crippen LogP contribution in [0.2, 0.25) is 0 Å². The minimum absolute atomic E-state index is 0.240. The first-order chi connectivity index (χ1) is 22.6. The van der Waals surface area contributed by atoms with Crippen molar-refractivity contribution in [3.8, 4) is 56.3 Å². The number of hydrogen-bond donors (Lipinski definition) is 0. The Labute approximate surface area is 267 Å². The number of hydrogen-bond acceptors (Lipinski definition) is 4. The summed E-state index contributed by atoms with van der Waals surface area (Å²) in [4.78, 5) is 15.4. The average Bonchev–Trinajstić information content (AvgIpc) is 3.61. The Hall–Kier alpha value is -5.87. The molecule has 0 amide bonds. The second kappa shape index (κ2) is 10.1. The van der Waals surface area contributed by atoms with E-state index in [0.717, 1.165) is 67.0 Å². The van der Waals surface area contributed by atoms with E-state index in [1.165, 1.54) is 16.7 Å². The monoisotopic (exact) mass is 591 g/mol. The summed E-state index contributed by atoms with van der Waals surface area (Å²) in [6.07, 6.45) is 0. The lowest BCUT2D eigenvalue weighted by atomic mass is 9.85. The van der Waals surface area contributed by atoms with Crippen LogP contribution >= 0.6 is 0 Å². The maximum Gasteiger partial charge on any atom is 0.162 e. The highest BCUT2D eigenvalue weighted by Crippen LogP contribution is 2.53. The topological polar surface area (TPSA) is 51.8 Å². The zero-order valence-electron chi connectivity index (χ0n) is 25.5. The van der Waals surface area contributed by atoms with Gasteiger partial charge in [-0.1, -0.05) is 141 Å². The van der Waals surface area contributed by atoms with Crippen LogP contribution < -0.4 is 0 Å². The molecule has 0 radical (unpaired) electrons. The molecule has 218 valence electrons. The van der Waals surface area contributed by atoms with Gasteiger partial charge in [0.2, 0.25) is 0 Å². The van der Waals surface area contributed by atoms with Crippen LogP contribution in [0.25, 0.3) is 78.2 Å². The number of nitrogens with zero attached hydrogens (tertiary/aromatic N) is 3. The van der Waals surface area contributed by atoms with E-state index in [4.69, 9.17) is 19.4 Å². The first-order valence-corrected chi connectivity index (χ1v) is 15.6. The van der Waals surface area contributed by atoms with Gasteiger partial charge in [-0.2, -0.15) is 0 Å². The Morgan fingerprint density at radius 2 is 1.13 bits per heavy atom.